The van der Waals surface area contributed by atoms with Crippen LogP contribution in [0.2, 0.25) is 5.02 Å². The van der Waals surface area contributed by atoms with Crippen molar-refractivity contribution in [2.75, 3.05) is 6.61 Å². The Morgan fingerprint density at radius 1 is 1.57 bits per heavy atom. The van der Waals surface area contributed by atoms with Crippen LogP contribution in [0.15, 0.2) is 18.2 Å². The molecule has 1 N–H and O–H groups in total. The van der Waals surface area contributed by atoms with Gasteiger partial charge in [0.25, 0.3) is 0 Å². The molecule has 0 spiro atoms. The van der Waals surface area contributed by atoms with E-state index >= 15 is 0 Å². The predicted octanol–water partition coefficient (Wildman–Crippen LogP) is 2.15. The number of benzene rings is 1. The van der Waals surface area contributed by atoms with Crippen LogP contribution in [-0.4, -0.2) is 11.7 Å². The van der Waals surface area contributed by atoms with Crippen LogP contribution in [0.25, 0.3) is 0 Å². The minimum atomic E-state index is -0.533. The van der Waals surface area contributed by atoms with Gasteiger partial charge in [-0.3, -0.25) is 0 Å². The number of hydrogen-bond donors (Lipinski definition) is 1. The molecule has 4 heteroatoms. The van der Waals surface area contributed by atoms with Crippen molar-refractivity contribution in [3.05, 3.63) is 34.6 Å². The molecule has 0 heterocycles. The first-order valence-corrected chi connectivity index (χ1v) is 4.50. The summed E-state index contributed by atoms with van der Waals surface area (Å²) in [6.07, 6.45) is 0.267. The Morgan fingerprint density at radius 2 is 2.29 bits per heavy atom. The summed E-state index contributed by atoms with van der Waals surface area (Å²) >= 11 is 5.69. The van der Waals surface area contributed by atoms with E-state index in [0.29, 0.717) is 5.56 Å². The lowest BCUT2D eigenvalue weighted by Crippen LogP contribution is -2.07. The Balaban J connectivity index is 2.87. The summed E-state index contributed by atoms with van der Waals surface area (Å²) in [6.45, 7) is -0.247. The lowest BCUT2D eigenvalue weighted by molar-refractivity contribution is 0.255. The van der Waals surface area contributed by atoms with Gasteiger partial charge in [0.1, 0.15) is 5.82 Å². The van der Waals surface area contributed by atoms with Crippen molar-refractivity contribution in [1.29, 1.82) is 5.26 Å². The van der Waals surface area contributed by atoms with Gasteiger partial charge in [0.05, 0.1) is 23.6 Å². The van der Waals surface area contributed by atoms with Crippen LogP contribution in [0.1, 0.15) is 5.56 Å². The zero-order chi connectivity index (χ0) is 10.6. The second-order valence-corrected chi connectivity index (χ2v) is 3.30. The van der Waals surface area contributed by atoms with E-state index in [2.05, 4.69) is 0 Å². The Kier molecular flexibility index (Phi) is 3.87. The van der Waals surface area contributed by atoms with Crippen molar-refractivity contribution < 1.29 is 9.50 Å². The molecule has 0 radical (unpaired) electrons. The number of nitrogens with zero attached hydrogens (tertiary/aromatic N) is 1. The molecule has 1 rings (SSSR count). The van der Waals surface area contributed by atoms with Crippen molar-refractivity contribution in [2.24, 2.45) is 5.92 Å². The number of halogens is 2. The lowest BCUT2D eigenvalue weighted by atomic mass is 10.0. The van der Waals surface area contributed by atoms with Gasteiger partial charge in [-0.05, 0) is 18.1 Å². The van der Waals surface area contributed by atoms with Crippen LogP contribution >= 0.6 is 11.6 Å². The fourth-order valence-electron chi connectivity index (χ4n) is 1.12. The van der Waals surface area contributed by atoms with Gasteiger partial charge in [-0.15, -0.1) is 0 Å². The highest BCUT2D eigenvalue weighted by molar-refractivity contribution is 6.31. The van der Waals surface area contributed by atoms with Crippen LogP contribution in [0.5, 0.6) is 0 Å². The molecule has 0 aliphatic carbocycles. The largest absolute Gasteiger partial charge is 0.395 e. The van der Waals surface area contributed by atoms with Crippen molar-refractivity contribution in [1.82, 2.24) is 0 Å². The number of nitriles is 1. The number of hydrogen-bond acceptors (Lipinski definition) is 2. The summed E-state index contributed by atoms with van der Waals surface area (Å²) in [4.78, 5) is 0. The van der Waals surface area contributed by atoms with E-state index in [9.17, 15) is 4.39 Å². The molecule has 0 saturated carbocycles. The molecular formula is C10H9ClFNO. The van der Waals surface area contributed by atoms with Gasteiger partial charge in [0.2, 0.25) is 0 Å². The Morgan fingerprint density at radius 3 is 2.86 bits per heavy atom. The second kappa shape index (κ2) is 4.94. The van der Waals surface area contributed by atoms with Gasteiger partial charge in [-0.25, -0.2) is 4.39 Å². The van der Waals surface area contributed by atoms with Crippen molar-refractivity contribution in [2.45, 2.75) is 6.42 Å². The van der Waals surface area contributed by atoms with Gasteiger partial charge in [-0.1, -0.05) is 23.7 Å². The van der Waals surface area contributed by atoms with Gasteiger partial charge in [0, 0.05) is 0 Å². The van der Waals surface area contributed by atoms with E-state index < -0.39 is 11.7 Å². The molecule has 2 nitrogen and oxygen atoms in total. The van der Waals surface area contributed by atoms with Gasteiger partial charge in [-0.2, -0.15) is 5.26 Å². The molecule has 0 fully saturated rings. The monoisotopic (exact) mass is 213 g/mol. The van der Waals surface area contributed by atoms with E-state index in [0.717, 1.165) is 0 Å². The van der Waals surface area contributed by atoms with Gasteiger partial charge in [0.15, 0.2) is 0 Å². The zero-order valence-corrected chi connectivity index (χ0v) is 8.13. The standard InChI is InChI=1S/C10H9ClFNO/c11-10-8(2-1-3-9(10)12)4-7(5-13)6-14/h1-3,7,14H,4,6H2. The summed E-state index contributed by atoms with van der Waals surface area (Å²) in [5.74, 6) is -1.03. The summed E-state index contributed by atoms with van der Waals surface area (Å²) in [5, 5.41) is 17.4. The Labute approximate surface area is 86.5 Å². The van der Waals surface area contributed by atoms with Crippen LogP contribution in [0.4, 0.5) is 4.39 Å². The molecule has 1 aromatic carbocycles. The number of aliphatic hydroxyl groups is 1. The van der Waals surface area contributed by atoms with E-state index in [1.807, 2.05) is 6.07 Å². The molecule has 0 aromatic heterocycles. The average Bonchev–Trinajstić information content (AvgIpc) is 2.20. The van der Waals surface area contributed by atoms with Crippen LogP contribution in [-0.2, 0) is 6.42 Å². The third kappa shape index (κ3) is 2.44. The summed E-state index contributed by atoms with van der Waals surface area (Å²) in [7, 11) is 0. The summed E-state index contributed by atoms with van der Waals surface area (Å²) in [6, 6.07) is 6.35. The molecule has 0 aliphatic rings. The molecule has 14 heavy (non-hydrogen) atoms. The maximum atomic E-state index is 13.0. The molecule has 1 unspecified atom stereocenters. The van der Waals surface area contributed by atoms with Crippen LogP contribution in [0, 0.1) is 23.1 Å². The second-order valence-electron chi connectivity index (χ2n) is 2.93. The van der Waals surface area contributed by atoms with Crippen LogP contribution < -0.4 is 0 Å². The smallest absolute Gasteiger partial charge is 0.142 e. The van der Waals surface area contributed by atoms with Crippen molar-refractivity contribution in [3.8, 4) is 6.07 Å². The third-order valence-electron chi connectivity index (χ3n) is 1.90. The zero-order valence-electron chi connectivity index (χ0n) is 7.37. The minimum Gasteiger partial charge on any atom is -0.395 e. The van der Waals surface area contributed by atoms with Crippen LogP contribution in [0.3, 0.4) is 0 Å². The summed E-state index contributed by atoms with van der Waals surface area (Å²) < 4.78 is 13.0. The van der Waals surface area contributed by atoms with E-state index in [4.69, 9.17) is 22.0 Å². The van der Waals surface area contributed by atoms with E-state index in [1.165, 1.54) is 12.1 Å². The Bertz CT molecular complexity index is 362. The van der Waals surface area contributed by atoms with E-state index in [-0.39, 0.29) is 18.1 Å². The maximum absolute atomic E-state index is 13.0. The molecule has 0 bridgehead atoms. The fraction of sp³-hybridized carbons (Fsp3) is 0.300. The highest BCUT2D eigenvalue weighted by Gasteiger charge is 2.11. The average molecular weight is 214 g/mol. The fourth-order valence-corrected chi connectivity index (χ4v) is 1.33. The first kappa shape index (κ1) is 11.0. The predicted molar refractivity (Wildman–Crippen MR) is 51.3 cm³/mol. The molecule has 1 aromatic rings. The molecule has 74 valence electrons. The van der Waals surface area contributed by atoms with Gasteiger partial charge < -0.3 is 5.11 Å². The normalized spacial score (nSPS) is 12.1. The minimum absolute atomic E-state index is 0.0289. The number of aliphatic hydroxyl groups excluding tert-OH is 1. The third-order valence-corrected chi connectivity index (χ3v) is 2.32. The maximum Gasteiger partial charge on any atom is 0.142 e. The van der Waals surface area contributed by atoms with E-state index in [1.54, 1.807) is 6.07 Å². The quantitative estimate of drug-likeness (QED) is 0.836. The lowest BCUT2D eigenvalue weighted by Gasteiger charge is -2.07. The molecular weight excluding hydrogens is 205 g/mol. The first-order valence-electron chi connectivity index (χ1n) is 4.12. The van der Waals surface area contributed by atoms with Crippen molar-refractivity contribution in [3.63, 3.8) is 0 Å². The summed E-state index contributed by atoms with van der Waals surface area (Å²) in [5.41, 5.74) is 0.548. The topological polar surface area (TPSA) is 44.0 Å². The molecule has 0 saturated heterocycles. The highest BCUT2D eigenvalue weighted by Crippen LogP contribution is 2.22. The molecule has 1 atom stereocenters. The van der Waals surface area contributed by atoms with Crippen molar-refractivity contribution >= 4 is 11.6 Å². The SMILES string of the molecule is N#CC(CO)Cc1cccc(F)c1Cl. The number of rotatable bonds is 3. The van der Waals surface area contributed by atoms with Gasteiger partial charge >= 0.3 is 0 Å². The molecule has 0 amide bonds. The Hall–Kier alpha value is -1.11. The molecule has 0 aliphatic heterocycles. The first-order chi connectivity index (χ1) is 6.69. The highest BCUT2D eigenvalue weighted by atomic mass is 35.5.